The van der Waals surface area contributed by atoms with E-state index in [4.69, 9.17) is 0 Å². The van der Waals surface area contributed by atoms with Crippen molar-refractivity contribution in [3.63, 3.8) is 0 Å². The van der Waals surface area contributed by atoms with E-state index in [0.29, 0.717) is 13.1 Å². The summed E-state index contributed by atoms with van der Waals surface area (Å²) in [6.07, 6.45) is -3.29. The van der Waals surface area contributed by atoms with Gasteiger partial charge in [-0.2, -0.15) is 13.2 Å². The number of nitrogens with zero attached hydrogens (tertiary/aromatic N) is 2. The summed E-state index contributed by atoms with van der Waals surface area (Å²) in [5, 5.41) is 9.84. The Hall–Kier alpha value is -1.60. The van der Waals surface area contributed by atoms with E-state index in [1.165, 1.54) is 0 Å². The largest absolute Gasteiger partial charge is 0.395 e. The van der Waals surface area contributed by atoms with E-state index in [9.17, 15) is 23.1 Å². The van der Waals surface area contributed by atoms with E-state index in [1.54, 1.807) is 9.80 Å². The number of amides is 1. The first-order chi connectivity index (χ1) is 12.4. The molecule has 2 saturated heterocycles. The van der Waals surface area contributed by atoms with Crippen LogP contribution in [0.3, 0.4) is 0 Å². The molecule has 3 aliphatic rings. The number of rotatable bonds is 5. The molecule has 0 radical (unpaired) electrons. The molecular weight excluding hydrogens is 345 g/mol. The van der Waals surface area contributed by atoms with Crippen molar-refractivity contribution in [1.82, 2.24) is 9.80 Å². The summed E-state index contributed by atoms with van der Waals surface area (Å²) in [5.41, 5.74) is 0.540. The Kier molecular flexibility index (Phi) is 4.27. The number of carbonyl (C=O) groups excluding carboxylic acids is 1. The number of aliphatic hydroxyl groups excluding tert-OH is 1. The number of alkyl halides is 3. The third kappa shape index (κ3) is 2.91. The van der Waals surface area contributed by atoms with Gasteiger partial charge in [-0.05, 0) is 18.4 Å². The summed E-state index contributed by atoms with van der Waals surface area (Å²) in [6.45, 7) is 0.589. The lowest BCUT2D eigenvalue weighted by atomic mass is 9.60. The van der Waals surface area contributed by atoms with Crippen LogP contribution >= 0.6 is 0 Å². The number of likely N-dealkylation sites (tertiary alicyclic amines) is 2. The number of hydrogen-bond acceptors (Lipinski definition) is 3. The quantitative estimate of drug-likeness (QED) is 0.868. The minimum Gasteiger partial charge on any atom is -0.395 e. The van der Waals surface area contributed by atoms with Gasteiger partial charge in [-0.1, -0.05) is 30.3 Å². The van der Waals surface area contributed by atoms with E-state index < -0.39 is 18.1 Å². The molecule has 7 heteroatoms. The predicted molar refractivity (Wildman–Crippen MR) is 89.5 cm³/mol. The summed E-state index contributed by atoms with van der Waals surface area (Å²) in [4.78, 5) is 15.9. The first-order valence-corrected chi connectivity index (χ1v) is 9.14. The fraction of sp³-hybridized carbons (Fsp3) is 0.632. The van der Waals surface area contributed by atoms with Crippen LogP contribution in [0.1, 0.15) is 30.7 Å². The maximum absolute atomic E-state index is 12.8. The first-order valence-electron chi connectivity index (χ1n) is 9.14. The molecule has 1 N–H and O–H groups in total. The molecule has 1 aliphatic carbocycles. The van der Waals surface area contributed by atoms with Gasteiger partial charge in [-0.15, -0.1) is 0 Å². The lowest BCUT2D eigenvalue weighted by Crippen LogP contribution is -2.85. The zero-order valence-electron chi connectivity index (χ0n) is 14.5. The van der Waals surface area contributed by atoms with Crippen LogP contribution in [0, 0.1) is 5.92 Å². The molecule has 142 valence electrons. The lowest BCUT2D eigenvalue weighted by molar-refractivity contribution is -0.210. The molecule has 1 aromatic carbocycles. The highest BCUT2D eigenvalue weighted by Gasteiger charge is 2.66. The lowest BCUT2D eigenvalue weighted by Gasteiger charge is -2.71. The smallest absolute Gasteiger partial charge is 0.390 e. The molecule has 1 saturated carbocycles. The Morgan fingerprint density at radius 1 is 1.19 bits per heavy atom. The van der Waals surface area contributed by atoms with Gasteiger partial charge < -0.3 is 10.0 Å². The van der Waals surface area contributed by atoms with Crippen molar-refractivity contribution in [2.24, 2.45) is 5.92 Å². The van der Waals surface area contributed by atoms with E-state index in [2.05, 4.69) is 0 Å². The Morgan fingerprint density at radius 2 is 1.85 bits per heavy atom. The average molecular weight is 368 g/mol. The van der Waals surface area contributed by atoms with Gasteiger partial charge in [-0.3, -0.25) is 9.69 Å². The average Bonchev–Trinajstić information content (AvgIpc) is 3.37. The molecule has 26 heavy (non-hydrogen) atoms. The van der Waals surface area contributed by atoms with E-state index in [1.807, 2.05) is 30.3 Å². The maximum Gasteiger partial charge on any atom is 0.390 e. The second kappa shape index (κ2) is 6.23. The Labute approximate surface area is 150 Å². The van der Waals surface area contributed by atoms with Crippen molar-refractivity contribution in [3.05, 3.63) is 35.9 Å². The molecule has 0 bridgehead atoms. The summed E-state index contributed by atoms with van der Waals surface area (Å²) < 4.78 is 38.3. The summed E-state index contributed by atoms with van der Waals surface area (Å²) in [5.74, 6) is 0.190. The van der Waals surface area contributed by atoms with Crippen LogP contribution in [0.5, 0.6) is 0 Å². The molecule has 1 aromatic rings. The monoisotopic (exact) mass is 368 g/mol. The van der Waals surface area contributed by atoms with E-state index in [-0.39, 0.29) is 36.9 Å². The standard InChI is InChI=1S/C19H23F3N2O2/c20-19(21,22)8-9-24-15(10-25)16(13-4-2-1-3-5-13)18(24)11-23(12-18)17(26)14-6-7-14/h1-5,14-16,25H,6-12H2/t15-,16+/m0/s1. The van der Waals surface area contributed by atoms with Crippen molar-refractivity contribution in [2.75, 3.05) is 26.2 Å². The topological polar surface area (TPSA) is 43.8 Å². The number of benzene rings is 1. The molecule has 0 unspecified atom stereocenters. The van der Waals surface area contributed by atoms with Crippen LogP contribution in [0.2, 0.25) is 0 Å². The zero-order chi connectivity index (χ0) is 18.5. The van der Waals surface area contributed by atoms with Gasteiger partial charge >= 0.3 is 6.18 Å². The second-order valence-electron chi connectivity index (χ2n) is 7.77. The van der Waals surface area contributed by atoms with Gasteiger partial charge in [0.15, 0.2) is 0 Å². The first kappa shape index (κ1) is 17.8. The van der Waals surface area contributed by atoms with Crippen LogP contribution in [0.4, 0.5) is 13.2 Å². The summed E-state index contributed by atoms with van der Waals surface area (Å²) in [7, 11) is 0. The molecule has 2 heterocycles. The van der Waals surface area contributed by atoms with Crippen molar-refractivity contribution >= 4 is 5.91 Å². The molecule has 4 rings (SSSR count). The third-order valence-corrected chi connectivity index (χ3v) is 6.09. The SMILES string of the molecule is O=C(C1CC1)N1CC2(C1)[C@H](c1ccccc1)[C@H](CO)N2CCC(F)(F)F. The highest BCUT2D eigenvalue weighted by molar-refractivity contribution is 5.82. The fourth-order valence-electron chi connectivity index (χ4n) is 4.73. The molecule has 3 fully saturated rings. The number of halogens is 3. The van der Waals surface area contributed by atoms with Gasteiger partial charge in [-0.25, -0.2) is 0 Å². The second-order valence-corrected chi connectivity index (χ2v) is 7.77. The normalized spacial score (nSPS) is 27.9. The van der Waals surface area contributed by atoms with Crippen LogP contribution in [-0.2, 0) is 4.79 Å². The van der Waals surface area contributed by atoms with Crippen LogP contribution < -0.4 is 0 Å². The Morgan fingerprint density at radius 3 is 2.38 bits per heavy atom. The molecule has 1 amide bonds. The highest BCUT2D eigenvalue weighted by Crippen LogP contribution is 2.54. The number of hydrogen-bond donors (Lipinski definition) is 1. The highest BCUT2D eigenvalue weighted by atomic mass is 19.4. The van der Waals surface area contributed by atoms with Gasteiger partial charge in [0, 0.05) is 37.5 Å². The zero-order valence-corrected chi connectivity index (χ0v) is 14.5. The third-order valence-electron chi connectivity index (χ3n) is 6.09. The minimum absolute atomic E-state index is 0.0508. The van der Waals surface area contributed by atoms with E-state index >= 15 is 0 Å². The van der Waals surface area contributed by atoms with E-state index in [0.717, 1.165) is 18.4 Å². The van der Waals surface area contributed by atoms with Crippen molar-refractivity contribution in [1.29, 1.82) is 0 Å². The van der Waals surface area contributed by atoms with Crippen LogP contribution in [0.25, 0.3) is 0 Å². The maximum atomic E-state index is 12.8. The Balaban J connectivity index is 1.56. The molecule has 1 spiro atoms. The predicted octanol–water partition coefficient (Wildman–Crippen LogP) is 2.39. The van der Waals surface area contributed by atoms with Gasteiger partial charge in [0.2, 0.25) is 5.91 Å². The van der Waals surface area contributed by atoms with Gasteiger partial charge in [0.25, 0.3) is 0 Å². The van der Waals surface area contributed by atoms with Gasteiger partial charge in [0.05, 0.1) is 18.6 Å². The van der Waals surface area contributed by atoms with Crippen LogP contribution in [0.15, 0.2) is 30.3 Å². The van der Waals surface area contributed by atoms with Crippen molar-refractivity contribution in [2.45, 2.75) is 42.9 Å². The van der Waals surface area contributed by atoms with Crippen molar-refractivity contribution < 1.29 is 23.1 Å². The molecule has 4 nitrogen and oxygen atoms in total. The molecular formula is C19H23F3N2O2. The Bertz CT molecular complexity index is 669. The molecule has 0 aromatic heterocycles. The van der Waals surface area contributed by atoms with Crippen molar-refractivity contribution in [3.8, 4) is 0 Å². The minimum atomic E-state index is -4.23. The molecule has 2 aliphatic heterocycles. The number of carbonyl (C=O) groups is 1. The fourth-order valence-corrected chi connectivity index (χ4v) is 4.73. The van der Waals surface area contributed by atoms with Crippen LogP contribution in [-0.4, -0.2) is 64.8 Å². The van der Waals surface area contributed by atoms with Gasteiger partial charge in [0.1, 0.15) is 0 Å². The summed E-state index contributed by atoms with van der Waals surface area (Å²) >= 11 is 0. The molecule has 2 atom stereocenters. The summed E-state index contributed by atoms with van der Waals surface area (Å²) in [6, 6.07) is 9.29. The number of aliphatic hydroxyl groups is 1.